The van der Waals surface area contributed by atoms with Crippen molar-refractivity contribution in [2.75, 3.05) is 13.7 Å². The third-order valence-corrected chi connectivity index (χ3v) is 9.72. The predicted octanol–water partition coefficient (Wildman–Crippen LogP) is 3.72. The van der Waals surface area contributed by atoms with E-state index >= 15 is 0 Å². The van der Waals surface area contributed by atoms with Crippen LogP contribution in [-0.4, -0.2) is 56.5 Å². The van der Waals surface area contributed by atoms with Crippen molar-refractivity contribution < 1.29 is 28.3 Å². The normalized spacial score (nSPS) is 21.4. The number of esters is 1. The van der Waals surface area contributed by atoms with Gasteiger partial charge in [-0.2, -0.15) is 0 Å². The first kappa shape index (κ1) is 23.6. The highest BCUT2D eigenvalue weighted by Crippen LogP contribution is 2.38. The van der Waals surface area contributed by atoms with E-state index in [9.17, 15) is 14.4 Å². The summed E-state index contributed by atoms with van der Waals surface area (Å²) in [5.41, 5.74) is -0.602. The minimum absolute atomic E-state index is 0.00757. The van der Waals surface area contributed by atoms with Gasteiger partial charge in [-0.05, 0) is 38.9 Å². The van der Waals surface area contributed by atoms with Crippen molar-refractivity contribution in [3.63, 3.8) is 0 Å². The highest BCUT2D eigenvalue weighted by molar-refractivity contribution is 6.74. The molecule has 1 aliphatic heterocycles. The third-order valence-electron chi connectivity index (χ3n) is 5.22. The van der Waals surface area contributed by atoms with E-state index < -0.39 is 26.1 Å². The number of rotatable bonds is 5. The summed E-state index contributed by atoms with van der Waals surface area (Å²) in [5, 5.41) is -0.00757. The van der Waals surface area contributed by atoms with Gasteiger partial charge >= 0.3 is 12.1 Å². The van der Waals surface area contributed by atoms with Gasteiger partial charge in [-0.25, -0.2) is 9.69 Å². The van der Waals surface area contributed by atoms with Gasteiger partial charge in [0.25, 0.3) is 0 Å². The topological polar surface area (TPSA) is 82.1 Å². The van der Waals surface area contributed by atoms with Crippen molar-refractivity contribution in [1.29, 1.82) is 0 Å². The van der Waals surface area contributed by atoms with Crippen LogP contribution in [0.25, 0.3) is 0 Å². The van der Waals surface area contributed by atoms with Crippen LogP contribution >= 0.6 is 0 Å². The zero-order chi connectivity index (χ0) is 21.2. The summed E-state index contributed by atoms with van der Waals surface area (Å²) in [7, 11) is -0.844. The minimum atomic E-state index is -2.08. The second kappa shape index (κ2) is 8.30. The maximum Gasteiger partial charge on any atom is 0.416 e. The molecule has 1 heterocycles. The van der Waals surface area contributed by atoms with Gasteiger partial charge in [0, 0.05) is 12.3 Å². The number of hydrogen-bond acceptors (Lipinski definition) is 6. The van der Waals surface area contributed by atoms with Crippen LogP contribution < -0.4 is 0 Å². The molecular formula is C19H35NO6Si. The number of carbonyl (C=O) groups is 3. The second-order valence-electron chi connectivity index (χ2n) is 9.63. The van der Waals surface area contributed by atoms with E-state index in [1.165, 1.54) is 7.11 Å². The van der Waals surface area contributed by atoms with Crippen LogP contribution in [0.2, 0.25) is 18.1 Å². The maximum absolute atomic E-state index is 12.4. The number of carbonyl (C=O) groups excluding carboxylic acids is 3. The summed E-state index contributed by atoms with van der Waals surface area (Å²) in [6.07, 6.45) is -0.558. The number of likely N-dealkylation sites (tertiary alicyclic amines) is 1. The van der Waals surface area contributed by atoms with E-state index in [0.29, 0.717) is 0 Å². The number of nitrogens with zero attached hydrogens (tertiary/aromatic N) is 1. The second-order valence-corrected chi connectivity index (χ2v) is 14.4. The van der Waals surface area contributed by atoms with Crippen molar-refractivity contribution >= 4 is 26.3 Å². The molecule has 0 bridgehead atoms. The number of imide groups is 1. The Morgan fingerprint density at radius 2 is 1.70 bits per heavy atom. The Bertz CT molecular complexity index is 576. The van der Waals surface area contributed by atoms with Gasteiger partial charge in [-0.15, -0.1) is 0 Å². The van der Waals surface area contributed by atoms with Crippen molar-refractivity contribution in [3.8, 4) is 0 Å². The van der Waals surface area contributed by atoms with E-state index in [1.807, 2.05) is 0 Å². The smallest absolute Gasteiger partial charge is 0.416 e. The molecule has 0 radical (unpaired) electrons. The summed E-state index contributed by atoms with van der Waals surface area (Å²) in [5.74, 6) is -1.08. The molecular weight excluding hydrogens is 366 g/mol. The van der Waals surface area contributed by atoms with Crippen LogP contribution in [0.5, 0.6) is 0 Å². The van der Waals surface area contributed by atoms with Crippen LogP contribution in [-0.2, 0) is 23.5 Å². The Kier molecular flexibility index (Phi) is 7.27. The summed E-state index contributed by atoms with van der Waals surface area (Å²) in [4.78, 5) is 37.9. The van der Waals surface area contributed by atoms with E-state index in [2.05, 4.69) is 33.9 Å². The van der Waals surface area contributed by atoms with Gasteiger partial charge in [0.05, 0.1) is 26.2 Å². The molecule has 1 fully saturated rings. The average molecular weight is 402 g/mol. The van der Waals surface area contributed by atoms with Crippen molar-refractivity contribution in [2.45, 2.75) is 84.2 Å². The monoisotopic (exact) mass is 401 g/mol. The zero-order valence-corrected chi connectivity index (χ0v) is 19.2. The number of methoxy groups -OCH3 is 1. The molecule has 1 aliphatic rings. The molecule has 27 heavy (non-hydrogen) atoms. The molecule has 0 spiro atoms. The molecule has 0 unspecified atom stereocenters. The summed E-state index contributed by atoms with van der Waals surface area (Å²) >= 11 is 0. The fraction of sp³-hybridized carbons (Fsp3) is 0.842. The predicted molar refractivity (Wildman–Crippen MR) is 105 cm³/mol. The third kappa shape index (κ3) is 6.31. The number of ether oxygens (including phenoxy) is 2. The molecule has 7 nitrogen and oxygen atoms in total. The zero-order valence-electron chi connectivity index (χ0n) is 18.2. The quantitative estimate of drug-likeness (QED) is 0.516. The Hall–Kier alpha value is -1.41. The first-order valence-electron chi connectivity index (χ1n) is 9.35. The van der Waals surface area contributed by atoms with Crippen LogP contribution in [0.3, 0.4) is 0 Å². The lowest BCUT2D eigenvalue weighted by atomic mass is 9.97. The Morgan fingerprint density at radius 1 is 1.15 bits per heavy atom. The van der Waals surface area contributed by atoms with E-state index in [-0.39, 0.29) is 42.3 Å². The minimum Gasteiger partial charge on any atom is -0.460 e. The molecule has 8 heteroatoms. The summed E-state index contributed by atoms with van der Waals surface area (Å²) < 4.78 is 16.4. The first-order valence-corrected chi connectivity index (χ1v) is 12.3. The molecule has 156 valence electrons. The van der Waals surface area contributed by atoms with Crippen molar-refractivity contribution in [1.82, 2.24) is 4.90 Å². The standard InChI is InChI=1S/C19H35NO6Si/c1-18(2,3)26-16(22)11-13-10-15(21)20(17(23)24-7)14(13)12-25-27(8,9)19(4,5)6/h13-14H,10-12H2,1-9H3/t13-,14-/m1/s1. The van der Waals surface area contributed by atoms with Crippen LogP contribution in [0.1, 0.15) is 54.4 Å². The molecule has 0 aliphatic carbocycles. The largest absolute Gasteiger partial charge is 0.460 e. The van der Waals surface area contributed by atoms with E-state index in [0.717, 1.165) is 4.90 Å². The average Bonchev–Trinajstić information content (AvgIpc) is 2.76. The van der Waals surface area contributed by atoms with Crippen LogP contribution in [0.15, 0.2) is 0 Å². The number of amides is 2. The van der Waals surface area contributed by atoms with E-state index in [4.69, 9.17) is 13.9 Å². The van der Waals surface area contributed by atoms with Gasteiger partial charge in [0.2, 0.25) is 5.91 Å². The fourth-order valence-corrected chi connectivity index (χ4v) is 3.74. The van der Waals surface area contributed by atoms with Gasteiger partial charge in [-0.1, -0.05) is 20.8 Å². The first-order chi connectivity index (χ1) is 12.1. The molecule has 1 rings (SSSR count). The fourth-order valence-electron chi connectivity index (χ4n) is 2.72. The van der Waals surface area contributed by atoms with E-state index in [1.54, 1.807) is 20.8 Å². The molecule has 0 aromatic rings. The lowest BCUT2D eigenvalue weighted by molar-refractivity contribution is -0.156. The molecule has 0 aromatic heterocycles. The Balaban J connectivity index is 2.99. The molecule has 0 saturated carbocycles. The van der Waals surface area contributed by atoms with Crippen LogP contribution in [0, 0.1) is 5.92 Å². The van der Waals surface area contributed by atoms with Crippen LogP contribution in [0.4, 0.5) is 4.79 Å². The van der Waals surface area contributed by atoms with Gasteiger partial charge < -0.3 is 13.9 Å². The van der Waals surface area contributed by atoms with Gasteiger partial charge in [0.1, 0.15) is 5.60 Å². The van der Waals surface area contributed by atoms with Crippen molar-refractivity contribution in [3.05, 3.63) is 0 Å². The molecule has 1 saturated heterocycles. The number of hydrogen-bond donors (Lipinski definition) is 0. The molecule has 2 amide bonds. The lowest BCUT2D eigenvalue weighted by Crippen LogP contribution is -2.48. The molecule has 0 aromatic carbocycles. The molecule has 2 atom stereocenters. The van der Waals surface area contributed by atoms with Gasteiger partial charge in [0.15, 0.2) is 8.32 Å². The SMILES string of the molecule is COC(=O)N1C(=O)C[C@H](CC(=O)OC(C)(C)C)[C@H]1CO[Si](C)(C)C(C)(C)C. The summed E-state index contributed by atoms with van der Waals surface area (Å²) in [6, 6.07) is -0.536. The summed E-state index contributed by atoms with van der Waals surface area (Å²) in [6.45, 7) is 16.2. The van der Waals surface area contributed by atoms with Gasteiger partial charge in [-0.3, -0.25) is 9.59 Å². The van der Waals surface area contributed by atoms with Crippen molar-refractivity contribution in [2.24, 2.45) is 5.92 Å². The lowest BCUT2D eigenvalue weighted by Gasteiger charge is -2.38. The Labute approximate surface area is 163 Å². The highest BCUT2D eigenvalue weighted by Gasteiger charge is 2.47. The molecule has 0 N–H and O–H groups in total. The Morgan fingerprint density at radius 3 is 2.15 bits per heavy atom. The maximum atomic E-state index is 12.4. The highest BCUT2D eigenvalue weighted by atomic mass is 28.4.